The number of fused-ring (bicyclic) bond motifs is 1. The van der Waals surface area contributed by atoms with Crippen LogP contribution in [0.1, 0.15) is 43.4 Å². The van der Waals surface area contributed by atoms with Crippen LogP contribution in [0, 0.1) is 11.7 Å². The van der Waals surface area contributed by atoms with Crippen molar-refractivity contribution in [3.63, 3.8) is 0 Å². The third-order valence-corrected chi connectivity index (χ3v) is 6.40. The molecule has 0 atom stereocenters. The number of rotatable bonds is 6. The average Bonchev–Trinajstić information content (AvgIpc) is 2.90. The van der Waals surface area contributed by atoms with E-state index < -0.39 is 0 Å². The first-order chi connectivity index (χ1) is 15.4. The molecule has 2 aromatic rings. The second kappa shape index (κ2) is 9.90. The summed E-state index contributed by atoms with van der Waals surface area (Å²) in [5.41, 5.74) is 2.99. The molecule has 4 rings (SSSR count). The first kappa shape index (κ1) is 22.6. The van der Waals surface area contributed by atoms with Crippen molar-refractivity contribution in [2.24, 2.45) is 5.92 Å². The Morgan fingerprint density at radius 1 is 1.03 bits per heavy atom. The molecular formula is C26H34FN3O2. The minimum Gasteiger partial charge on any atom is -0.493 e. The number of likely N-dealkylation sites (tertiary alicyclic amines) is 1. The normalized spacial score (nSPS) is 18.1. The Labute approximate surface area is 190 Å². The van der Waals surface area contributed by atoms with Crippen molar-refractivity contribution in [3.05, 3.63) is 65.0 Å². The van der Waals surface area contributed by atoms with Crippen molar-refractivity contribution < 1.29 is 13.9 Å². The fourth-order valence-corrected chi connectivity index (χ4v) is 4.49. The fraction of sp³-hybridized carbons (Fsp3) is 0.500. The van der Waals surface area contributed by atoms with Gasteiger partial charge in [0.05, 0.1) is 6.61 Å². The van der Waals surface area contributed by atoms with E-state index in [0.717, 1.165) is 48.4 Å². The number of hydrogen-bond donors (Lipinski definition) is 0. The average molecular weight is 440 g/mol. The number of carbonyl (C=O) groups excluding carboxylic acids is 1. The highest BCUT2D eigenvalue weighted by atomic mass is 19.1. The van der Waals surface area contributed by atoms with E-state index >= 15 is 0 Å². The van der Waals surface area contributed by atoms with Crippen LogP contribution in [-0.4, -0.2) is 53.5 Å². The van der Waals surface area contributed by atoms with E-state index in [9.17, 15) is 9.18 Å². The van der Waals surface area contributed by atoms with Crippen molar-refractivity contribution in [2.45, 2.75) is 52.4 Å². The van der Waals surface area contributed by atoms with Crippen LogP contribution < -0.4 is 4.74 Å². The molecule has 0 spiro atoms. The van der Waals surface area contributed by atoms with E-state index in [4.69, 9.17) is 4.74 Å². The monoisotopic (exact) mass is 439 g/mol. The Kier molecular flexibility index (Phi) is 6.99. The molecule has 0 radical (unpaired) electrons. The number of benzene rings is 2. The SMILES string of the molecule is CC(C)COc1ccc(CN2Cc3ccc(F)cc3CN(C3CCN(C)CC3)C2=O)cc1. The number of hydrogen-bond acceptors (Lipinski definition) is 3. The molecule has 6 heteroatoms. The number of urea groups is 1. The van der Waals surface area contributed by atoms with E-state index in [2.05, 4.69) is 25.8 Å². The Morgan fingerprint density at radius 2 is 1.75 bits per heavy atom. The molecular weight excluding hydrogens is 405 g/mol. The lowest BCUT2D eigenvalue weighted by molar-refractivity contribution is 0.101. The van der Waals surface area contributed by atoms with Gasteiger partial charge in [-0.1, -0.05) is 32.0 Å². The van der Waals surface area contributed by atoms with Gasteiger partial charge in [-0.15, -0.1) is 0 Å². The van der Waals surface area contributed by atoms with E-state index in [0.29, 0.717) is 32.2 Å². The molecule has 2 heterocycles. The quantitative estimate of drug-likeness (QED) is 0.643. The number of carbonyl (C=O) groups is 1. The predicted molar refractivity (Wildman–Crippen MR) is 124 cm³/mol. The molecule has 0 aliphatic carbocycles. The molecule has 5 nitrogen and oxygen atoms in total. The largest absolute Gasteiger partial charge is 0.493 e. The molecule has 1 fully saturated rings. The maximum atomic E-state index is 14.0. The lowest BCUT2D eigenvalue weighted by atomic mass is 10.0. The van der Waals surface area contributed by atoms with Crippen LogP contribution in [0.15, 0.2) is 42.5 Å². The molecule has 2 amide bonds. The molecule has 2 aliphatic heterocycles. The summed E-state index contributed by atoms with van der Waals surface area (Å²) in [5, 5.41) is 0. The summed E-state index contributed by atoms with van der Waals surface area (Å²) < 4.78 is 19.8. The topological polar surface area (TPSA) is 36.0 Å². The minimum atomic E-state index is -0.245. The van der Waals surface area contributed by atoms with Gasteiger partial charge in [0.2, 0.25) is 0 Å². The van der Waals surface area contributed by atoms with Gasteiger partial charge in [-0.25, -0.2) is 9.18 Å². The van der Waals surface area contributed by atoms with Gasteiger partial charge in [-0.05, 0) is 79.9 Å². The molecule has 0 bridgehead atoms. The van der Waals surface area contributed by atoms with Crippen molar-refractivity contribution in [1.29, 1.82) is 0 Å². The lowest BCUT2D eigenvalue weighted by Gasteiger charge is -2.38. The van der Waals surface area contributed by atoms with E-state index in [1.54, 1.807) is 6.07 Å². The summed E-state index contributed by atoms with van der Waals surface area (Å²) in [6.07, 6.45) is 1.89. The Hall–Kier alpha value is -2.60. The van der Waals surface area contributed by atoms with Crippen LogP contribution in [0.25, 0.3) is 0 Å². The molecule has 0 unspecified atom stereocenters. The van der Waals surface area contributed by atoms with Gasteiger partial charge in [0.15, 0.2) is 0 Å². The number of nitrogens with zero attached hydrogens (tertiary/aromatic N) is 3. The molecule has 172 valence electrons. The highest BCUT2D eigenvalue weighted by molar-refractivity contribution is 5.75. The van der Waals surface area contributed by atoms with Crippen LogP contribution in [0.3, 0.4) is 0 Å². The minimum absolute atomic E-state index is 0.0382. The van der Waals surface area contributed by atoms with Crippen molar-refractivity contribution in [3.8, 4) is 5.75 Å². The summed E-state index contributed by atoms with van der Waals surface area (Å²) in [4.78, 5) is 19.8. The fourth-order valence-electron chi connectivity index (χ4n) is 4.49. The zero-order chi connectivity index (χ0) is 22.7. The maximum absolute atomic E-state index is 14.0. The lowest BCUT2D eigenvalue weighted by Crippen LogP contribution is -2.49. The van der Waals surface area contributed by atoms with Crippen molar-refractivity contribution in [2.75, 3.05) is 26.7 Å². The van der Waals surface area contributed by atoms with Crippen molar-refractivity contribution >= 4 is 6.03 Å². The van der Waals surface area contributed by atoms with Gasteiger partial charge in [0.1, 0.15) is 11.6 Å². The van der Waals surface area contributed by atoms with Crippen molar-refractivity contribution in [1.82, 2.24) is 14.7 Å². The summed E-state index contributed by atoms with van der Waals surface area (Å²) in [5.74, 6) is 1.07. The summed E-state index contributed by atoms with van der Waals surface area (Å²) >= 11 is 0. The second-order valence-corrected chi connectivity index (χ2v) is 9.56. The molecule has 2 aliphatic rings. The standard InChI is InChI=1S/C26H34FN3O2/c1-19(2)18-32-25-8-4-20(5-9-25)15-29-16-21-6-7-23(27)14-22(21)17-30(26(29)31)24-10-12-28(3)13-11-24/h4-9,14,19,24H,10-13,15-18H2,1-3H3. The Bertz CT molecular complexity index is 923. The highest BCUT2D eigenvalue weighted by Crippen LogP contribution is 2.28. The number of halogens is 1. The van der Waals surface area contributed by atoms with Crippen LogP contribution in [0.4, 0.5) is 9.18 Å². The zero-order valence-corrected chi connectivity index (χ0v) is 19.4. The maximum Gasteiger partial charge on any atom is 0.321 e. The van der Waals surface area contributed by atoms with E-state index in [-0.39, 0.29) is 17.9 Å². The molecule has 32 heavy (non-hydrogen) atoms. The first-order valence-electron chi connectivity index (χ1n) is 11.6. The number of amides is 2. The van der Waals surface area contributed by atoms with Gasteiger partial charge in [-0.3, -0.25) is 0 Å². The summed E-state index contributed by atoms with van der Waals surface area (Å²) in [6.45, 7) is 8.36. The number of piperidine rings is 1. The molecule has 2 aromatic carbocycles. The van der Waals surface area contributed by atoms with Gasteiger partial charge in [0.25, 0.3) is 0 Å². The molecule has 0 aromatic heterocycles. The first-order valence-corrected chi connectivity index (χ1v) is 11.6. The van der Waals surface area contributed by atoms with Crippen LogP contribution in [-0.2, 0) is 19.6 Å². The van der Waals surface area contributed by atoms with Gasteiger partial charge < -0.3 is 19.4 Å². The highest BCUT2D eigenvalue weighted by Gasteiger charge is 2.33. The van der Waals surface area contributed by atoms with Crippen LogP contribution in [0.5, 0.6) is 5.75 Å². The Balaban J connectivity index is 1.54. The van der Waals surface area contributed by atoms with Gasteiger partial charge in [-0.2, -0.15) is 0 Å². The summed E-state index contributed by atoms with van der Waals surface area (Å²) in [6, 6.07) is 13.1. The molecule has 1 saturated heterocycles. The van der Waals surface area contributed by atoms with Gasteiger partial charge in [0, 0.05) is 25.7 Å². The Morgan fingerprint density at radius 3 is 2.44 bits per heavy atom. The van der Waals surface area contributed by atoms with Crippen LogP contribution >= 0.6 is 0 Å². The number of ether oxygens (including phenoxy) is 1. The zero-order valence-electron chi connectivity index (χ0n) is 19.4. The van der Waals surface area contributed by atoms with E-state index in [1.807, 2.05) is 40.1 Å². The smallest absolute Gasteiger partial charge is 0.321 e. The third-order valence-electron chi connectivity index (χ3n) is 6.40. The molecule has 0 N–H and O–H groups in total. The third kappa shape index (κ3) is 5.41. The van der Waals surface area contributed by atoms with E-state index in [1.165, 1.54) is 6.07 Å². The molecule has 0 saturated carbocycles. The van der Waals surface area contributed by atoms with Crippen LogP contribution in [0.2, 0.25) is 0 Å². The predicted octanol–water partition coefficient (Wildman–Crippen LogP) is 4.89. The summed E-state index contributed by atoms with van der Waals surface area (Å²) in [7, 11) is 2.12. The second-order valence-electron chi connectivity index (χ2n) is 9.56. The van der Waals surface area contributed by atoms with Gasteiger partial charge >= 0.3 is 6.03 Å².